The zero-order valence-corrected chi connectivity index (χ0v) is 15.0. The molecule has 0 saturated heterocycles. The Bertz CT molecular complexity index is 611. The smallest absolute Gasteiger partial charge is 0.124 e. The minimum Gasteiger partial charge on any atom is -0.489 e. The lowest BCUT2D eigenvalue weighted by Gasteiger charge is -2.13. The second-order valence-electron chi connectivity index (χ2n) is 5.68. The number of nitrogens with one attached hydrogen (secondary N) is 1. The maximum atomic E-state index is 6.01. The number of aryl methyl sites for hydroxylation is 1. The lowest BCUT2D eigenvalue weighted by Crippen LogP contribution is -2.16. The van der Waals surface area contributed by atoms with Gasteiger partial charge in [-0.25, -0.2) is 0 Å². The molecule has 22 heavy (non-hydrogen) atoms. The van der Waals surface area contributed by atoms with Gasteiger partial charge in [0.05, 0.1) is 0 Å². The molecule has 1 saturated carbocycles. The Balaban J connectivity index is 0.00000176. The molecule has 2 aromatic carbocycles. The van der Waals surface area contributed by atoms with Crippen LogP contribution in [0.25, 0.3) is 0 Å². The molecule has 0 spiro atoms. The predicted molar refractivity (Wildman–Crippen MR) is 96.8 cm³/mol. The SMILES string of the molecule is Cc1ccc(COc2ccc(Br)cc2CNC2CC2)cc1.Cl. The van der Waals surface area contributed by atoms with Crippen molar-refractivity contribution in [3.05, 3.63) is 63.6 Å². The summed E-state index contributed by atoms with van der Waals surface area (Å²) in [5.41, 5.74) is 3.68. The Hall–Kier alpha value is -1.03. The van der Waals surface area contributed by atoms with Gasteiger partial charge in [-0.2, -0.15) is 0 Å². The normalized spacial score (nSPS) is 13.5. The summed E-state index contributed by atoms with van der Waals surface area (Å²) in [5, 5.41) is 3.55. The molecule has 0 bridgehead atoms. The second-order valence-corrected chi connectivity index (χ2v) is 6.60. The van der Waals surface area contributed by atoms with Crippen LogP contribution in [0, 0.1) is 6.92 Å². The number of halogens is 2. The minimum absolute atomic E-state index is 0. The summed E-state index contributed by atoms with van der Waals surface area (Å²) in [6.45, 7) is 3.58. The van der Waals surface area contributed by atoms with Crippen LogP contribution in [0.2, 0.25) is 0 Å². The van der Waals surface area contributed by atoms with Gasteiger partial charge in [0.2, 0.25) is 0 Å². The van der Waals surface area contributed by atoms with Crippen molar-refractivity contribution in [2.24, 2.45) is 0 Å². The number of ether oxygens (including phenoxy) is 1. The number of hydrogen-bond donors (Lipinski definition) is 1. The average molecular weight is 383 g/mol. The molecule has 0 aromatic heterocycles. The van der Waals surface area contributed by atoms with Crippen LogP contribution in [0.5, 0.6) is 5.75 Å². The first-order valence-corrected chi connectivity index (χ1v) is 8.20. The van der Waals surface area contributed by atoms with E-state index >= 15 is 0 Å². The summed E-state index contributed by atoms with van der Waals surface area (Å²) in [6.07, 6.45) is 2.60. The van der Waals surface area contributed by atoms with Crippen LogP contribution in [0.3, 0.4) is 0 Å². The van der Waals surface area contributed by atoms with Gasteiger partial charge in [0.1, 0.15) is 12.4 Å². The molecule has 0 unspecified atom stereocenters. The molecule has 2 nitrogen and oxygen atoms in total. The third kappa shape index (κ3) is 5.01. The van der Waals surface area contributed by atoms with Gasteiger partial charge in [-0.05, 0) is 43.5 Å². The molecule has 4 heteroatoms. The van der Waals surface area contributed by atoms with E-state index < -0.39 is 0 Å². The lowest BCUT2D eigenvalue weighted by molar-refractivity contribution is 0.302. The van der Waals surface area contributed by atoms with Crippen molar-refractivity contribution in [2.75, 3.05) is 0 Å². The van der Waals surface area contributed by atoms with Crippen molar-refractivity contribution in [1.82, 2.24) is 5.32 Å². The van der Waals surface area contributed by atoms with E-state index in [1.807, 2.05) is 12.1 Å². The minimum atomic E-state index is 0. The lowest BCUT2D eigenvalue weighted by atomic mass is 10.1. The molecule has 1 fully saturated rings. The van der Waals surface area contributed by atoms with Crippen molar-refractivity contribution < 1.29 is 4.74 Å². The standard InChI is InChI=1S/C18H20BrNO.ClH/c1-13-2-4-14(5-3-13)12-21-18-9-6-16(19)10-15(18)11-20-17-7-8-17;/h2-6,9-10,17,20H,7-8,11-12H2,1H3;1H. The monoisotopic (exact) mass is 381 g/mol. The van der Waals surface area contributed by atoms with Crippen LogP contribution in [-0.4, -0.2) is 6.04 Å². The topological polar surface area (TPSA) is 21.3 Å². The summed E-state index contributed by atoms with van der Waals surface area (Å²) in [6, 6.07) is 15.4. The average Bonchev–Trinajstić information content (AvgIpc) is 3.30. The fourth-order valence-electron chi connectivity index (χ4n) is 2.21. The number of hydrogen-bond acceptors (Lipinski definition) is 2. The molecule has 0 atom stereocenters. The van der Waals surface area contributed by atoms with E-state index in [9.17, 15) is 0 Å². The van der Waals surface area contributed by atoms with E-state index in [0.29, 0.717) is 12.6 Å². The molecule has 0 radical (unpaired) electrons. The highest BCUT2D eigenvalue weighted by Crippen LogP contribution is 2.26. The highest BCUT2D eigenvalue weighted by molar-refractivity contribution is 9.10. The number of benzene rings is 2. The number of rotatable bonds is 6. The van der Waals surface area contributed by atoms with Crippen molar-refractivity contribution in [2.45, 2.75) is 39.0 Å². The Morgan fingerprint density at radius 3 is 2.55 bits per heavy atom. The highest BCUT2D eigenvalue weighted by atomic mass is 79.9. The maximum Gasteiger partial charge on any atom is 0.124 e. The van der Waals surface area contributed by atoms with Crippen LogP contribution in [0.15, 0.2) is 46.9 Å². The zero-order chi connectivity index (χ0) is 14.7. The van der Waals surface area contributed by atoms with Gasteiger partial charge < -0.3 is 10.1 Å². The van der Waals surface area contributed by atoms with Gasteiger partial charge in [-0.3, -0.25) is 0 Å². The zero-order valence-electron chi connectivity index (χ0n) is 12.6. The van der Waals surface area contributed by atoms with Gasteiger partial charge in [0.25, 0.3) is 0 Å². The van der Waals surface area contributed by atoms with Gasteiger partial charge >= 0.3 is 0 Å². The summed E-state index contributed by atoms with van der Waals surface area (Å²) in [7, 11) is 0. The highest BCUT2D eigenvalue weighted by Gasteiger charge is 2.20. The molecule has 1 aliphatic carbocycles. The van der Waals surface area contributed by atoms with E-state index in [2.05, 4.69) is 58.5 Å². The maximum absolute atomic E-state index is 6.01. The Morgan fingerprint density at radius 2 is 1.86 bits per heavy atom. The Morgan fingerprint density at radius 1 is 1.14 bits per heavy atom. The van der Waals surface area contributed by atoms with E-state index in [1.165, 1.54) is 29.5 Å². The van der Waals surface area contributed by atoms with Crippen molar-refractivity contribution in [1.29, 1.82) is 0 Å². The van der Waals surface area contributed by atoms with Crippen LogP contribution in [-0.2, 0) is 13.2 Å². The fraction of sp³-hybridized carbons (Fsp3) is 0.333. The first-order chi connectivity index (χ1) is 10.2. The quantitative estimate of drug-likeness (QED) is 0.758. The van der Waals surface area contributed by atoms with Crippen LogP contribution in [0.1, 0.15) is 29.5 Å². The van der Waals surface area contributed by atoms with Gasteiger partial charge in [-0.15, -0.1) is 12.4 Å². The Labute approximate surface area is 146 Å². The fourth-order valence-corrected chi connectivity index (χ4v) is 2.62. The van der Waals surface area contributed by atoms with Crippen molar-refractivity contribution in [3.63, 3.8) is 0 Å². The Kier molecular flexibility index (Phi) is 6.30. The molecule has 0 aliphatic heterocycles. The summed E-state index contributed by atoms with van der Waals surface area (Å²) in [5.74, 6) is 0.965. The summed E-state index contributed by atoms with van der Waals surface area (Å²) < 4.78 is 7.11. The predicted octanol–water partition coefficient (Wildman–Crippen LogP) is 5.01. The van der Waals surface area contributed by atoms with E-state index in [4.69, 9.17) is 4.74 Å². The van der Waals surface area contributed by atoms with Gasteiger partial charge in [0.15, 0.2) is 0 Å². The van der Waals surface area contributed by atoms with Crippen LogP contribution >= 0.6 is 28.3 Å². The van der Waals surface area contributed by atoms with Crippen LogP contribution in [0.4, 0.5) is 0 Å². The molecule has 0 amide bonds. The van der Waals surface area contributed by atoms with Crippen molar-refractivity contribution in [3.8, 4) is 5.75 Å². The first-order valence-electron chi connectivity index (χ1n) is 7.41. The molecular formula is C18H21BrClNO. The third-order valence-electron chi connectivity index (χ3n) is 3.70. The largest absolute Gasteiger partial charge is 0.489 e. The van der Waals surface area contributed by atoms with Gasteiger partial charge in [0, 0.05) is 22.6 Å². The van der Waals surface area contributed by atoms with E-state index in [0.717, 1.165) is 16.8 Å². The third-order valence-corrected chi connectivity index (χ3v) is 4.19. The molecule has 1 N–H and O–H groups in total. The first kappa shape index (κ1) is 17.3. The second kappa shape index (κ2) is 8.00. The van der Waals surface area contributed by atoms with Gasteiger partial charge in [-0.1, -0.05) is 45.8 Å². The molecule has 0 heterocycles. The molecular weight excluding hydrogens is 362 g/mol. The molecule has 118 valence electrons. The summed E-state index contributed by atoms with van der Waals surface area (Å²) in [4.78, 5) is 0. The van der Waals surface area contributed by atoms with Crippen LogP contribution < -0.4 is 10.1 Å². The summed E-state index contributed by atoms with van der Waals surface area (Å²) >= 11 is 3.54. The van der Waals surface area contributed by atoms with Crippen molar-refractivity contribution >= 4 is 28.3 Å². The molecule has 3 rings (SSSR count). The van der Waals surface area contributed by atoms with E-state index in [1.54, 1.807) is 0 Å². The molecule has 1 aliphatic rings. The van der Waals surface area contributed by atoms with E-state index in [-0.39, 0.29) is 12.4 Å². The molecule has 2 aromatic rings.